The number of alkyl halides is 3. The summed E-state index contributed by atoms with van der Waals surface area (Å²) in [6.07, 6.45) is 6.43. The van der Waals surface area contributed by atoms with Crippen LogP contribution in [0.25, 0.3) is 0 Å². The number of nitrogens with zero attached hydrogens (tertiary/aromatic N) is 2. The van der Waals surface area contributed by atoms with Gasteiger partial charge in [0, 0.05) is 26.1 Å². The summed E-state index contributed by atoms with van der Waals surface area (Å²) in [4.78, 5) is 0. The van der Waals surface area contributed by atoms with Gasteiger partial charge in [-0.1, -0.05) is 41.5 Å². The van der Waals surface area contributed by atoms with Crippen LogP contribution in [0.3, 0.4) is 0 Å². The van der Waals surface area contributed by atoms with Gasteiger partial charge in [-0.05, 0) is 54.4 Å². The van der Waals surface area contributed by atoms with Crippen molar-refractivity contribution >= 4 is 0 Å². The molecule has 2 nitrogen and oxygen atoms in total. The highest BCUT2D eigenvalue weighted by atomic mass is 19.3. The molecule has 0 radical (unpaired) electrons. The molecule has 2 atom stereocenters. The van der Waals surface area contributed by atoms with Gasteiger partial charge in [-0.15, -0.1) is 0 Å². The summed E-state index contributed by atoms with van der Waals surface area (Å²) in [5, 5.41) is 4.05. The van der Waals surface area contributed by atoms with Crippen LogP contribution in [0, 0.1) is 23.7 Å². The van der Waals surface area contributed by atoms with Crippen molar-refractivity contribution in [2.45, 2.75) is 91.7 Å². The number of rotatable bonds is 3. The average Bonchev–Trinajstić information content (AvgIpc) is 3.14. The third-order valence-corrected chi connectivity index (χ3v) is 5.81. The van der Waals surface area contributed by atoms with Gasteiger partial charge in [0.1, 0.15) is 6.17 Å². The van der Waals surface area contributed by atoms with Gasteiger partial charge in [-0.3, -0.25) is 4.68 Å². The highest BCUT2D eigenvalue weighted by molar-refractivity contribution is 5.08. The molecule has 2 saturated carbocycles. The predicted octanol–water partition coefficient (Wildman–Crippen LogP) is 7.01. The summed E-state index contributed by atoms with van der Waals surface area (Å²) in [7, 11) is 1.94. The van der Waals surface area contributed by atoms with Crippen LogP contribution in [-0.2, 0) is 7.05 Å². The van der Waals surface area contributed by atoms with Crippen molar-refractivity contribution in [2.24, 2.45) is 30.7 Å². The number of hydrogen-bond acceptors (Lipinski definition) is 1. The Balaban J connectivity index is 0.000000202. The van der Waals surface area contributed by atoms with E-state index in [0.29, 0.717) is 23.7 Å². The molecule has 158 valence electrons. The monoisotopic (exact) mass is 388 g/mol. The fourth-order valence-corrected chi connectivity index (χ4v) is 3.48. The molecule has 0 amide bonds. The molecule has 1 aromatic heterocycles. The highest BCUT2D eigenvalue weighted by Gasteiger charge is 2.46. The smallest absolute Gasteiger partial charge is 0.248 e. The molecule has 0 spiro atoms. The lowest BCUT2D eigenvalue weighted by molar-refractivity contribution is -0.122. The van der Waals surface area contributed by atoms with Crippen molar-refractivity contribution in [1.29, 1.82) is 0 Å². The van der Waals surface area contributed by atoms with Crippen molar-refractivity contribution in [3.8, 4) is 0 Å². The van der Waals surface area contributed by atoms with Crippen LogP contribution >= 0.6 is 0 Å². The first-order valence-corrected chi connectivity index (χ1v) is 10.4. The third-order valence-electron chi connectivity index (χ3n) is 5.81. The van der Waals surface area contributed by atoms with Crippen LogP contribution in [0.15, 0.2) is 12.4 Å². The molecule has 0 N–H and O–H groups in total. The van der Waals surface area contributed by atoms with E-state index in [9.17, 15) is 13.2 Å². The summed E-state index contributed by atoms with van der Waals surface area (Å²) in [5.74, 6) is 0.337. The second-order valence-electron chi connectivity index (χ2n) is 9.28. The predicted molar refractivity (Wildman–Crippen MR) is 107 cm³/mol. The fourth-order valence-electron chi connectivity index (χ4n) is 3.48. The topological polar surface area (TPSA) is 17.8 Å². The molecule has 0 aromatic carbocycles. The lowest BCUT2D eigenvalue weighted by atomic mass is 9.74. The Morgan fingerprint density at radius 2 is 1.56 bits per heavy atom. The van der Waals surface area contributed by atoms with Gasteiger partial charge in [0.2, 0.25) is 5.92 Å². The normalized spacial score (nSPS) is 24.3. The first kappa shape index (κ1) is 24.0. The maximum absolute atomic E-state index is 12.5. The van der Waals surface area contributed by atoms with Crippen LogP contribution in [0.1, 0.15) is 85.1 Å². The Bertz CT molecular complexity index is 529. The van der Waals surface area contributed by atoms with Gasteiger partial charge < -0.3 is 0 Å². The first-order chi connectivity index (χ1) is 12.4. The SMILES string of the molecule is CC(C)C1CC(F)(F)C1.CC(C)C1CCC(F)C1.CC(C)c1cnn(C)c1. The summed E-state index contributed by atoms with van der Waals surface area (Å²) >= 11 is 0. The van der Waals surface area contributed by atoms with Gasteiger partial charge in [0.15, 0.2) is 0 Å². The zero-order valence-electron chi connectivity index (χ0n) is 18.2. The standard InChI is InChI=1S/C8H15F.C7H12F2.C7H12N2/c1-6(2)7-3-4-8(9)5-7;1-5(2)6-3-7(8,9)4-6;1-6(2)7-4-8-9(3)5-7/h6-8H,3-5H2,1-2H3;5-6H,3-4H2,1-2H3;4-6H,1-3H3. The van der Waals surface area contributed by atoms with Gasteiger partial charge in [-0.25, -0.2) is 13.2 Å². The van der Waals surface area contributed by atoms with E-state index in [1.807, 2.05) is 38.0 Å². The van der Waals surface area contributed by atoms with Crippen LogP contribution in [0.4, 0.5) is 13.2 Å². The van der Waals surface area contributed by atoms with Crippen molar-refractivity contribution in [3.05, 3.63) is 18.0 Å². The molecule has 1 aromatic rings. The Morgan fingerprint density at radius 3 is 1.74 bits per heavy atom. The van der Waals surface area contributed by atoms with Crippen molar-refractivity contribution < 1.29 is 13.2 Å². The van der Waals surface area contributed by atoms with E-state index >= 15 is 0 Å². The van der Waals surface area contributed by atoms with Crippen LogP contribution in [-0.4, -0.2) is 21.9 Å². The number of halogens is 3. The second kappa shape index (κ2) is 10.5. The molecule has 2 fully saturated rings. The molecule has 2 aliphatic carbocycles. The molecular formula is C22H39F3N2. The fraction of sp³-hybridized carbons (Fsp3) is 0.864. The minimum Gasteiger partial charge on any atom is -0.276 e. The Labute approximate surface area is 163 Å². The Morgan fingerprint density at radius 1 is 1.00 bits per heavy atom. The second-order valence-corrected chi connectivity index (χ2v) is 9.28. The van der Waals surface area contributed by atoms with Crippen molar-refractivity contribution in [3.63, 3.8) is 0 Å². The number of hydrogen-bond donors (Lipinski definition) is 0. The van der Waals surface area contributed by atoms with Crippen LogP contribution < -0.4 is 0 Å². The molecule has 0 bridgehead atoms. The van der Waals surface area contributed by atoms with E-state index in [2.05, 4.69) is 32.8 Å². The third kappa shape index (κ3) is 8.69. The lowest BCUT2D eigenvalue weighted by Crippen LogP contribution is -2.37. The van der Waals surface area contributed by atoms with E-state index < -0.39 is 12.1 Å². The zero-order valence-corrected chi connectivity index (χ0v) is 18.2. The van der Waals surface area contributed by atoms with E-state index in [1.165, 1.54) is 5.56 Å². The average molecular weight is 389 g/mol. The van der Waals surface area contributed by atoms with Crippen LogP contribution in [0.2, 0.25) is 0 Å². The van der Waals surface area contributed by atoms with Gasteiger partial charge in [0.05, 0.1) is 6.20 Å². The van der Waals surface area contributed by atoms with Gasteiger partial charge in [0.25, 0.3) is 0 Å². The molecule has 5 heteroatoms. The van der Waals surface area contributed by atoms with E-state index in [4.69, 9.17) is 0 Å². The molecule has 2 unspecified atom stereocenters. The first-order valence-electron chi connectivity index (χ1n) is 10.4. The van der Waals surface area contributed by atoms with Crippen LogP contribution in [0.5, 0.6) is 0 Å². The molecule has 2 aliphatic rings. The minimum absolute atomic E-state index is 0.116. The molecular weight excluding hydrogens is 349 g/mol. The molecule has 1 heterocycles. The Kier molecular flexibility index (Phi) is 9.36. The van der Waals surface area contributed by atoms with Gasteiger partial charge >= 0.3 is 0 Å². The molecule has 3 rings (SSSR count). The summed E-state index contributed by atoms with van der Waals surface area (Å²) in [5.41, 5.74) is 1.30. The molecule has 0 saturated heterocycles. The van der Waals surface area contributed by atoms with Gasteiger partial charge in [-0.2, -0.15) is 5.10 Å². The minimum atomic E-state index is -2.32. The van der Waals surface area contributed by atoms with E-state index in [1.54, 1.807) is 0 Å². The zero-order chi connectivity index (χ0) is 20.8. The largest absolute Gasteiger partial charge is 0.276 e. The number of aromatic nitrogens is 2. The maximum Gasteiger partial charge on any atom is 0.248 e. The van der Waals surface area contributed by atoms with E-state index in [0.717, 1.165) is 19.3 Å². The van der Waals surface area contributed by atoms with Crippen molar-refractivity contribution in [2.75, 3.05) is 0 Å². The summed E-state index contributed by atoms with van der Waals surface area (Å²) < 4.78 is 38.7. The quantitative estimate of drug-likeness (QED) is 0.544. The number of aryl methyl sites for hydroxylation is 1. The Hall–Kier alpha value is -1.00. The lowest BCUT2D eigenvalue weighted by Gasteiger charge is -2.37. The van der Waals surface area contributed by atoms with E-state index in [-0.39, 0.29) is 18.8 Å². The summed E-state index contributed by atoms with van der Waals surface area (Å²) in [6.45, 7) is 12.7. The molecule has 27 heavy (non-hydrogen) atoms. The highest BCUT2D eigenvalue weighted by Crippen LogP contribution is 2.45. The molecule has 0 aliphatic heterocycles. The van der Waals surface area contributed by atoms with Crippen molar-refractivity contribution in [1.82, 2.24) is 9.78 Å². The summed E-state index contributed by atoms with van der Waals surface area (Å²) in [6, 6.07) is 0. The maximum atomic E-state index is 12.5.